The summed E-state index contributed by atoms with van der Waals surface area (Å²) in [6, 6.07) is 16.5. The fourth-order valence-corrected chi connectivity index (χ4v) is 3.63. The lowest BCUT2D eigenvalue weighted by atomic mass is 10.2. The fourth-order valence-electron chi connectivity index (χ4n) is 3.63. The van der Waals surface area contributed by atoms with Crippen molar-refractivity contribution < 1.29 is 19.0 Å². The highest BCUT2D eigenvalue weighted by Gasteiger charge is 2.18. The molecule has 0 saturated heterocycles. The Morgan fingerprint density at radius 3 is 2.76 bits per heavy atom. The van der Waals surface area contributed by atoms with Crippen molar-refractivity contribution in [2.75, 3.05) is 13.9 Å². The van der Waals surface area contributed by atoms with Gasteiger partial charge >= 0.3 is 5.69 Å². The first-order valence-electron chi connectivity index (χ1n) is 10.3. The van der Waals surface area contributed by atoms with Gasteiger partial charge in [-0.3, -0.25) is 4.79 Å². The normalized spacial score (nSPS) is 12.3. The molecule has 0 saturated carbocycles. The topological polar surface area (TPSA) is 109 Å². The molecule has 2 aromatic heterocycles. The zero-order valence-electron chi connectivity index (χ0n) is 17.9. The fraction of sp³-hybridized carbons (Fsp3) is 0.217. The van der Waals surface area contributed by atoms with Crippen LogP contribution in [0, 0.1) is 0 Å². The van der Waals surface area contributed by atoms with E-state index in [4.69, 9.17) is 14.2 Å². The Kier molecular flexibility index (Phi) is 5.49. The van der Waals surface area contributed by atoms with Crippen molar-refractivity contribution in [2.45, 2.75) is 19.7 Å². The maximum absolute atomic E-state index is 13.1. The third-order valence-electron chi connectivity index (χ3n) is 5.17. The van der Waals surface area contributed by atoms with Gasteiger partial charge in [-0.15, -0.1) is 5.10 Å². The number of ether oxygens (including phenoxy) is 3. The van der Waals surface area contributed by atoms with Gasteiger partial charge in [-0.1, -0.05) is 36.4 Å². The highest BCUT2D eigenvalue weighted by molar-refractivity contribution is 5.75. The Bertz CT molecular complexity index is 1380. The van der Waals surface area contributed by atoms with E-state index in [0.717, 1.165) is 15.8 Å². The quantitative estimate of drug-likeness (QED) is 0.460. The molecule has 4 aromatic rings. The summed E-state index contributed by atoms with van der Waals surface area (Å²) in [5.41, 5.74) is 2.19. The molecule has 1 aliphatic heterocycles. The van der Waals surface area contributed by atoms with Crippen molar-refractivity contribution in [3.8, 4) is 22.9 Å². The van der Waals surface area contributed by atoms with Crippen LogP contribution < -0.4 is 20.5 Å². The second-order valence-electron chi connectivity index (χ2n) is 7.47. The lowest BCUT2D eigenvalue weighted by Crippen LogP contribution is -2.32. The SMILES string of the molecule is COCc1cc2nn(CC(=O)NCc3ccc4c(c3)OCO4)c(=O)n2c(-c2ccccc2)n1. The first-order chi connectivity index (χ1) is 16.1. The molecule has 0 unspecified atom stereocenters. The number of benzene rings is 2. The summed E-state index contributed by atoms with van der Waals surface area (Å²) in [5.74, 6) is 1.42. The van der Waals surface area contributed by atoms with E-state index in [2.05, 4.69) is 15.4 Å². The molecular formula is C23H21N5O5. The predicted octanol–water partition coefficient (Wildman–Crippen LogP) is 1.75. The number of fused-ring (bicyclic) bond motifs is 2. The molecule has 0 aliphatic carbocycles. The van der Waals surface area contributed by atoms with Crippen LogP contribution in [-0.2, 0) is 29.2 Å². The van der Waals surface area contributed by atoms with Crippen LogP contribution in [0.25, 0.3) is 17.0 Å². The lowest BCUT2D eigenvalue weighted by molar-refractivity contribution is -0.122. The zero-order valence-corrected chi connectivity index (χ0v) is 17.9. The van der Waals surface area contributed by atoms with E-state index in [9.17, 15) is 9.59 Å². The third-order valence-corrected chi connectivity index (χ3v) is 5.17. The average molecular weight is 447 g/mol. The van der Waals surface area contributed by atoms with Crippen LogP contribution in [0.5, 0.6) is 11.5 Å². The van der Waals surface area contributed by atoms with Gasteiger partial charge in [0.1, 0.15) is 12.4 Å². The summed E-state index contributed by atoms with van der Waals surface area (Å²) in [7, 11) is 1.57. The van der Waals surface area contributed by atoms with Crippen LogP contribution in [0.1, 0.15) is 11.3 Å². The van der Waals surface area contributed by atoms with Crippen molar-refractivity contribution in [1.29, 1.82) is 0 Å². The number of hydrogen-bond acceptors (Lipinski definition) is 7. The number of methoxy groups -OCH3 is 1. The van der Waals surface area contributed by atoms with E-state index in [1.165, 1.54) is 4.40 Å². The van der Waals surface area contributed by atoms with Crippen LogP contribution in [0.15, 0.2) is 59.4 Å². The lowest BCUT2D eigenvalue weighted by Gasteiger charge is -2.06. The van der Waals surface area contributed by atoms with E-state index in [0.29, 0.717) is 28.7 Å². The van der Waals surface area contributed by atoms with Gasteiger partial charge < -0.3 is 19.5 Å². The summed E-state index contributed by atoms with van der Waals surface area (Å²) in [5, 5.41) is 7.17. The number of nitrogens with one attached hydrogen (secondary N) is 1. The first-order valence-corrected chi connectivity index (χ1v) is 10.3. The molecular weight excluding hydrogens is 426 g/mol. The third kappa shape index (κ3) is 4.15. The molecule has 3 heterocycles. The number of carbonyl (C=O) groups is 1. The maximum atomic E-state index is 13.1. The van der Waals surface area contributed by atoms with E-state index >= 15 is 0 Å². The molecule has 0 atom stereocenters. The maximum Gasteiger partial charge on any atom is 0.352 e. The second-order valence-corrected chi connectivity index (χ2v) is 7.47. The zero-order chi connectivity index (χ0) is 22.8. The Balaban J connectivity index is 1.39. The van der Waals surface area contributed by atoms with Gasteiger partial charge in [-0.05, 0) is 17.7 Å². The Morgan fingerprint density at radius 2 is 1.94 bits per heavy atom. The number of amides is 1. The largest absolute Gasteiger partial charge is 0.454 e. The van der Waals surface area contributed by atoms with Crippen molar-refractivity contribution >= 4 is 11.6 Å². The molecule has 168 valence electrons. The van der Waals surface area contributed by atoms with Crippen LogP contribution in [0.2, 0.25) is 0 Å². The minimum atomic E-state index is -0.446. The second kappa shape index (κ2) is 8.75. The van der Waals surface area contributed by atoms with Gasteiger partial charge in [0.25, 0.3) is 0 Å². The monoisotopic (exact) mass is 447 g/mol. The molecule has 1 aliphatic rings. The van der Waals surface area contributed by atoms with Crippen LogP contribution in [-0.4, -0.2) is 39.0 Å². The van der Waals surface area contributed by atoms with Gasteiger partial charge in [0, 0.05) is 25.3 Å². The average Bonchev–Trinajstić information content (AvgIpc) is 3.42. The van der Waals surface area contributed by atoms with Gasteiger partial charge in [0.15, 0.2) is 17.1 Å². The van der Waals surface area contributed by atoms with Crippen molar-refractivity contribution in [2.24, 2.45) is 0 Å². The molecule has 2 aromatic carbocycles. The summed E-state index contributed by atoms with van der Waals surface area (Å²) in [6.45, 7) is 0.520. The van der Waals surface area contributed by atoms with Crippen molar-refractivity contribution in [1.82, 2.24) is 24.5 Å². The molecule has 10 heteroatoms. The summed E-state index contributed by atoms with van der Waals surface area (Å²) < 4.78 is 18.4. The Labute approximate surface area is 188 Å². The smallest absolute Gasteiger partial charge is 0.352 e. The number of nitrogens with zero attached hydrogens (tertiary/aromatic N) is 4. The molecule has 0 radical (unpaired) electrons. The molecule has 0 fully saturated rings. The van der Waals surface area contributed by atoms with Crippen LogP contribution in [0.4, 0.5) is 0 Å². The van der Waals surface area contributed by atoms with Crippen molar-refractivity contribution in [3.63, 3.8) is 0 Å². The molecule has 1 amide bonds. The summed E-state index contributed by atoms with van der Waals surface area (Å²) >= 11 is 0. The standard InChI is InChI=1S/C23H21N5O5/c1-31-13-17-10-20-26-27(23(30)28(20)22(25-17)16-5-3-2-4-6-16)12-21(29)24-11-15-7-8-18-19(9-15)33-14-32-18/h2-10H,11-14H2,1H3,(H,24,29). The van der Waals surface area contributed by atoms with Gasteiger partial charge in [-0.25, -0.2) is 18.9 Å². The van der Waals surface area contributed by atoms with E-state index < -0.39 is 5.69 Å². The number of aromatic nitrogens is 4. The van der Waals surface area contributed by atoms with Crippen LogP contribution in [0.3, 0.4) is 0 Å². The Hall–Kier alpha value is -4.18. The number of hydrogen-bond donors (Lipinski definition) is 1. The van der Waals surface area contributed by atoms with E-state index in [-0.39, 0.29) is 32.4 Å². The van der Waals surface area contributed by atoms with Gasteiger partial charge in [-0.2, -0.15) is 0 Å². The minimum absolute atomic E-state index is 0.188. The summed E-state index contributed by atoms with van der Waals surface area (Å²) in [4.78, 5) is 30.3. The highest BCUT2D eigenvalue weighted by Crippen LogP contribution is 2.32. The summed E-state index contributed by atoms with van der Waals surface area (Å²) in [6.07, 6.45) is 0. The van der Waals surface area contributed by atoms with E-state index in [1.807, 2.05) is 42.5 Å². The van der Waals surface area contributed by atoms with E-state index in [1.54, 1.807) is 19.2 Å². The first kappa shape index (κ1) is 20.7. The van der Waals surface area contributed by atoms with Gasteiger partial charge in [0.05, 0.1) is 12.3 Å². The molecule has 0 spiro atoms. The molecule has 1 N–H and O–H groups in total. The van der Waals surface area contributed by atoms with Gasteiger partial charge in [0.2, 0.25) is 12.7 Å². The predicted molar refractivity (Wildman–Crippen MR) is 118 cm³/mol. The minimum Gasteiger partial charge on any atom is -0.454 e. The molecule has 10 nitrogen and oxygen atoms in total. The van der Waals surface area contributed by atoms with Crippen molar-refractivity contribution in [3.05, 3.63) is 76.3 Å². The van der Waals surface area contributed by atoms with Crippen LogP contribution >= 0.6 is 0 Å². The highest BCUT2D eigenvalue weighted by atomic mass is 16.7. The molecule has 0 bridgehead atoms. The Morgan fingerprint density at radius 1 is 1.12 bits per heavy atom. The molecule has 33 heavy (non-hydrogen) atoms. The number of rotatable bonds is 7. The molecule has 5 rings (SSSR count). The number of carbonyl (C=O) groups excluding carboxylic acids is 1.